The van der Waals surface area contributed by atoms with Gasteiger partial charge in [0.15, 0.2) is 0 Å². The van der Waals surface area contributed by atoms with Crippen LogP contribution in [0.3, 0.4) is 0 Å². The molecule has 0 amide bonds. The van der Waals surface area contributed by atoms with Gasteiger partial charge in [0.25, 0.3) is 0 Å². The molecule has 1 saturated carbocycles. The van der Waals surface area contributed by atoms with Gasteiger partial charge in [0.1, 0.15) is 0 Å². The van der Waals surface area contributed by atoms with Gasteiger partial charge in [-0.05, 0) is 36.8 Å². The van der Waals surface area contributed by atoms with Crippen molar-refractivity contribution in [3.63, 3.8) is 0 Å². The van der Waals surface area contributed by atoms with Gasteiger partial charge in [-0.25, -0.2) is 8.42 Å². The summed E-state index contributed by atoms with van der Waals surface area (Å²) in [7, 11) is -3.48. The lowest BCUT2D eigenvalue weighted by Gasteiger charge is -2.31. The number of sulfonamides is 1. The Hall–Kier alpha value is -0.910. The maximum Gasteiger partial charge on any atom is 0.243 e. The summed E-state index contributed by atoms with van der Waals surface area (Å²) in [6, 6.07) is 6.94. The van der Waals surface area contributed by atoms with E-state index in [0.717, 1.165) is 25.7 Å². The zero-order valence-electron chi connectivity index (χ0n) is 11.5. The molecule has 4 nitrogen and oxygen atoms in total. The average molecular weight is 295 g/mol. The Morgan fingerprint density at radius 1 is 1.15 bits per heavy atom. The van der Waals surface area contributed by atoms with E-state index in [1.165, 1.54) is 6.42 Å². The zero-order valence-corrected chi connectivity index (χ0v) is 12.3. The van der Waals surface area contributed by atoms with E-state index in [2.05, 4.69) is 0 Å². The van der Waals surface area contributed by atoms with Crippen LogP contribution in [-0.4, -0.2) is 30.4 Å². The van der Waals surface area contributed by atoms with E-state index in [1.807, 2.05) is 0 Å². The first-order valence-electron chi connectivity index (χ1n) is 7.35. The van der Waals surface area contributed by atoms with Crippen molar-refractivity contribution in [1.29, 1.82) is 0 Å². The Bertz CT molecular complexity index is 585. The second-order valence-electron chi connectivity index (χ2n) is 5.78. The molecule has 0 aromatic heterocycles. The van der Waals surface area contributed by atoms with Crippen LogP contribution in [0.15, 0.2) is 29.2 Å². The molecule has 1 aromatic carbocycles. The van der Waals surface area contributed by atoms with Gasteiger partial charge in [0.2, 0.25) is 10.0 Å². The molecule has 1 saturated heterocycles. The lowest BCUT2D eigenvalue weighted by atomic mass is 9.86. The highest BCUT2D eigenvalue weighted by Crippen LogP contribution is 2.39. The van der Waals surface area contributed by atoms with Gasteiger partial charge >= 0.3 is 0 Å². The molecule has 2 unspecified atom stereocenters. The number of hydrogen-bond acceptors (Lipinski definition) is 3. The van der Waals surface area contributed by atoms with Crippen molar-refractivity contribution >= 4 is 10.0 Å². The molecule has 1 aromatic rings. The number of hydrogen-bond donors (Lipinski definition) is 1. The predicted octanol–water partition coefficient (Wildman–Crippen LogP) is 2.13. The van der Waals surface area contributed by atoms with Gasteiger partial charge in [-0.1, -0.05) is 31.0 Å². The normalized spacial score (nSPS) is 27.4. The van der Waals surface area contributed by atoms with Gasteiger partial charge in [0.05, 0.1) is 11.5 Å². The summed E-state index contributed by atoms with van der Waals surface area (Å²) in [5.41, 5.74) is 0.492. The lowest BCUT2D eigenvalue weighted by Crippen LogP contribution is -2.39. The maximum atomic E-state index is 12.9. The summed E-state index contributed by atoms with van der Waals surface area (Å²) in [5.74, 6) is 0.528. The standard InChI is InChI=1S/C15H21NO3S/c17-11-13-6-2-4-8-15(13)20(18,19)16-10-9-12-5-1-3-7-14(12)16/h2,4,6,8,12,14,17H,1,3,5,7,9-11H2. The van der Waals surface area contributed by atoms with E-state index >= 15 is 0 Å². The Morgan fingerprint density at radius 2 is 1.90 bits per heavy atom. The molecule has 1 aliphatic carbocycles. The molecule has 0 spiro atoms. The van der Waals surface area contributed by atoms with Crippen LogP contribution in [0.4, 0.5) is 0 Å². The number of nitrogens with zero attached hydrogens (tertiary/aromatic N) is 1. The van der Waals surface area contributed by atoms with Crippen LogP contribution >= 0.6 is 0 Å². The van der Waals surface area contributed by atoms with Gasteiger partial charge in [-0.2, -0.15) is 4.31 Å². The SMILES string of the molecule is O=S(=O)(c1ccccc1CO)N1CCC2CCCCC21. The fraction of sp³-hybridized carbons (Fsp3) is 0.600. The second-order valence-corrected chi connectivity index (χ2v) is 7.64. The highest BCUT2D eigenvalue weighted by Gasteiger charge is 2.42. The number of rotatable bonds is 3. The smallest absolute Gasteiger partial charge is 0.243 e. The maximum absolute atomic E-state index is 12.9. The van der Waals surface area contributed by atoms with Crippen LogP contribution < -0.4 is 0 Å². The number of benzene rings is 1. The number of fused-ring (bicyclic) bond motifs is 1. The summed E-state index contributed by atoms with van der Waals surface area (Å²) in [5, 5.41) is 9.37. The Labute approximate surface area is 120 Å². The van der Waals surface area contributed by atoms with Gasteiger partial charge in [-0.15, -0.1) is 0 Å². The van der Waals surface area contributed by atoms with Crippen LogP contribution in [0, 0.1) is 5.92 Å². The molecule has 20 heavy (non-hydrogen) atoms. The second kappa shape index (κ2) is 5.47. The Morgan fingerprint density at radius 3 is 2.70 bits per heavy atom. The van der Waals surface area contributed by atoms with Crippen molar-refractivity contribution in [1.82, 2.24) is 4.31 Å². The molecule has 1 N–H and O–H groups in total. The zero-order chi connectivity index (χ0) is 14.2. The number of aliphatic hydroxyl groups excluding tert-OH is 1. The third-order valence-electron chi connectivity index (χ3n) is 4.69. The first kappa shape index (κ1) is 14.0. The van der Waals surface area contributed by atoms with E-state index in [9.17, 15) is 13.5 Å². The van der Waals surface area contributed by atoms with Crippen molar-refractivity contribution in [3.05, 3.63) is 29.8 Å². The van der Waals surface area contributed by atoms with Gasteiger partial charge in [0, 0.05) is 12.6 Å². The van der Waals surface area contributed by atoms with Crippen LogP contribution in [0.25, 0.3) is 0 Å². The van der Waals surface area contributed by atoms with E-state index in [-0.39, 0.29) is 17.5 Å². The Kier molecular flexibility index (Phi) is 3.84. The largest absolute Gasteiger partial charge is 0.392 e. The fourth-order valence-electron chi connectivity index (χ4n) is 3.67. The summed E-state index contributed by atoms with van der Waals surface area (Å²) < 4.78 is 27.5. The predicted molar refractivity (Wildman–Crippen MR) is 76.6 cm³/mol. The van der Waals surface area contributed by atoms with E-state index in [0.29, 0.717) is 18.0 Å². The van der Waals surface area contributed by atoms with Crippen molar-refractivity contribution in [2.24, 2.45) is 5.92 Å². The topological polar surface area (TPSA) is 57.6 Å². The molecule has 3 rings (SSSR count). The van der Waals surface area contributed by atoms with E-state index in [1.54, 1.807) is 28.6 Å². The highest BCUT2D eigenvalue weighted by atomic mass is 32.2. The summed E-state index contributed by atoms with van der Waals surface area (Å²) in [4.78, 5) is 0.272. The van der Waals surface area contributed by atoms with Gasteiger partial charge < -0.3 is 5.11 Å². The third kappa shape index (κ3) is 2.28. The molecule has 1 aliphatic heterocycles. The van der Waals surface area contributed by atoms with Crippen LogP contribution in [0.5, 0.6) is 0 Å². The molecule has 0 radical (unpaired) electrons. The molecular formula is C15H21NO3S. The van der Waals surface area contributed by atoms with Gasteiger partial charge in [-0.3, -0.25) is 0 Å². The lowest BCUT2D eigenvalue weighted by molar-refractivity contribution is 0.258. The first-order chi connectivity index (χ1) is 9.64. The molecule has 110 valence electrons. The van der Waals surface area contributed by atoms with Crippen molar-refractivity contribution < 1.29 is 13.5 Å². The molecule has 0 bridgehead atoms. The quantitative estimate of drug-likeness (QED) is 0.929. The van der Waals surface area contributed by atoms with Crippen LogP contribution in [0.2, 0.25) is 0 Å². The summed E-state index contributed by atoms with van der Waals surface area (Å²) in [6.07, 6.45) is 5.45. The molecule has 2 atom stereocenters. The van der Waals surface area contributed by atoms with Crippen LogP contribution in [-0.2, 0) is 16.6 Å². The van der Waals surface area contributed by atoms with Crippen LogP contribution in [0.1, 0.15) is 37.7 Å². The minimum absolute atomic E-state index is 0.167. The first-order valence-corrected chi connectivity index (χ1v) is 8.79. The third-order valence-corrected chi connectivity index (χ3v) is 6.71. The van der Waals surface area contributed by atoms with E-state index < -0.39 is 10.0 Å². The van der Waals surface area contributed by atoms with Crippen molar-refractivity contribution in [2.45, 2.75) is 49.6 Å². The molecular weight excluding hydrogens is 274 g/mol. The van der Waals surface area contributed by atoms with Crippen molar-refractivity contribution in [3.8, 4) is 0 Å². The average Bonchev–Trinajstić information content (AvgIpc) is 2.92. The molecule has 2 fully saturated rings. The Balaban J connectivity index is 1.96. The fourth-order valence-corrected chi connectivity index (χ4v) is 5.62. The molecule has 5 heteroatoms. The van der Waals surface area contributed by atoms with E-state index in [4.69, 9.17) is 0 Å². The minimum Gasteiger partial charge on any atom is -0.392 e. The monoisotopic (exact) mass is 295 g/mol. The summed E-state index contributed by atoms with van der Waals surface area (Å²) in [6.45, 7) is 0.384. The molecule has 1 heterocycles. The summed E-state index contributed by atoms with van der Waals surface area (Å²) >= 11 is 0. The number of aliphatic hydroxyl groups is 1. The highest BCUT2D eigenvalue weighted by molar-refractivity contribution is 7.89. The minimum atomic E-state index is -3.48. The van der Waals surface area contributed by atoms with Crippen molar-refractivity contribution in [2.75, 3.05) is 6.54 Å². The molecule has 2 aliphatic rings.